The quantitative estimate of drug-likeness (QED) is 0.766. The predicted molar refractivity (Wildman–Crippen MR) is 61.8 cm³/mol. The summed E-state index contributed by atoms with van der Waals surface area (Å²) in [4.78, 5) is 11.0. The molecule has 1 aliphatic rings. The lowest BCUT2D eigenvalue weighted by atomic mass is 10.1. The van der Waals surface area contributed by atoms with Crippen molar-refractivity contribution in [3.05, 3.63) is 35.9 Å². The van der Waals surface area contributed by atoms with Gasteiger partial charge in [-0.2, -0.15) is 0 Å². The molecule has 16 heavy (non-hydrogen) atoms. The van der Waals surface area contributed by atoms with Crippen LogP contribution in [0.1, 0.15) is 18.4 Å². The Morgan fingerprint density at radius 3 is 2.81 bits per heavy atom. The van der Waals surface area contributed by atoms with Gasteiger partial charge in [-0.1, -0.05) is 30.3 Å². The summed E-state index contributed by atoms with van der Waals surface area (Å²) in [6.45, 7) is 2.21. The Kier molecular flexibility index (Phi) is 3.94. The maximum atomic E-state index is 11.0. The van der Waals surface area contributed by atoms with Gasteiger partial charge < -0.3 is 10.1 Å². The van der Waals surface area contributed by atoms with Crippen LogP contribution in [-0.4, -0.2) is 19.1 Å². The van der Waals surface area contributed by atoms with E-state index in [9.17, 15) is 4.79 Å². The molecule has 86 valence electrons. The molecule has 2 rings (SSSR count). The topological polar surface area (TPSA) is 38.3 Å². The highest BCUT2D eigenvalue weighted by Gasteiger charge is 2.20. The van der Waals surface area contributed by atoms with E-state index in [4.69, 9.17) is 4.74 Å². The Bertz CT molecular complexity index is 337. The van der Waals surface area contributed by atoms with E-state index in [0.29, 0.717) is 18.9 Å². The number of amides is 1. The molecule has 0 radical (unpaired) electrons. The molecule has 0 aliphatic carbocycles. The van der Waals surface area contributed by atoms with Crippen LogP contribution in [0.15, 0.2) is 30.3 Å². The maximum absolute atomic E-state index is 11.0. The van der Waals surface area contributed by atoms with Gasteiger partial charge in [-0.15, -0.1) is 0 Å². The van der Waals surface area contributed by atoms with Crippen molar-refractivity contribution in [3.63, 3.8) is 0 Å². The molecule has 1 aromatic rings. The van der Waals surface area contributed by atoms with Crippen LogP contribution in [0.25, 0.3) is 0 Å². The molecule has 1 aromatic carbocycles. The summed E-state index contributed by atoms with van der Waals surface area (Å²) in [6, 6.07) is 10.1. The second-order valence-corrected chi connectivity index (χ2v) is 4.20. The average Bonchev–Trinajstić information content (AvgIpc) is 2.72. The van der Waals surface area contributed by atoms with E-state index >= 15 is 0 Å². The molecule has 3 heteroatoms. The van der Waals surface area contributed by atoms with E-state index in [2.05, 4.69) is 17.4 Å². The lowest BCUT2D eigenvalue weighted by Crippen LogP contribution is -2.14. The first-order valence-electron chi connectivity index (χ1n) is 5.73. The first kappa shape index (κ1) is 11.1. The second-order valence-electron chi connectivity index (χ2n) is 4.20. The summed E-state index contributed by atoms with van der Waals surface area (Å²) in [5.41, 5.74) is 1.20. The van der Waals surface area contributed by atoms with Crippen LogP contribution >= 0.6 is 0 Å². The molecular weight excluding hydrogens is 202 g/mol. The zero-order valence-corrected chi connectivity index (χ0v) is 9.32. The van der Waals surface area contributed by atoms with Crippen molar-refractivity contribution in [2.24, 2.45) is 5.92 Å². The molecule has 1 N–H and O–H groups in total. The van der Waals surface area contributed by atoms with E-state index in [0.717, 1.165) is 19.6 Å². The summed E-state index contributed by atoms with van der Waals surface area (Å²) in [6.07, 6.45) is 1.63. The Labute approximate surface area is 95.8 Å². The molecule has 1 heterocycles. The van der Waals surface area contributed by atoms with Crippen molar-refractivity contribution in [2.75, 3.05) is 13.2 Å². The molecule has 1 saturated heterocycles. The number of hydrogen-bond acceptors (Lipinski definition) is 2. The SMILES string of the molecule is O=C1CC(CCOCc2ccccc2)CN1. The summed E-state index contributed by atoms with van der Waals surface area (Å²) in [7, 11) is 0. The molecule has 1 fully saturated rings. The van der Waals surface area contributed by atoms with Gasteiger partial charge in [0.25, 0.3) is 0 Å². The van der Waals surface area contributed by atoms with Gasteiger partial charge in [0.1, 0.15) is 0 Å². The van der Waals surface area contributed by atoms with Crippen molar-refractivity contribution in [3.8, 4) is 0 Å². The number of rotatable bonds is 5. The number of carbonyl (C=O) groups excluding carboxylic acids is 1. The van der Waals surface area contributed by atoms with Crippen molar-refractivity contribution < 1.29 is 9.53 Å². The monoisotopic (exact) mass is 219 g/mol. The number of ether oxygens (including phenoxy) is 1. The van der Waals surface area contributed by atoms with Gasteiger partial charge in [-0.25, -0.2) is 0 Å². The Morgan fingerprint density at radius 2 is 2.12 bits per heavy atom. The predicted octanol–water partition coefficient (Wildman–Crippen LogP) is 1.73. The number of hydrogen-bond donors (Lipinski definition) is 1. The lowest BCUT2D eigenvalue weighted by molar-refractivity contribution is -0.119. The Hall–Kier alpha value is -1.35. The zero-order chi connectivity index (χ0) is 11.2. The standard InChI is InChI=1S/C13H17NO2/c15-13-8-12(9-14-13)6-7-16-10-11-4-2-1-3-5-11/h1-5,12H,6-10H2,(H,14,15). The van der Waals surface area contributed by atoms with Crippen LogP contribution in [0.3, 0.4) is 0 Å². The minimum absolute atomic E-state index is 0.174. The highest BCUT2D eigenvalue weighted by Crippen LogP contribution is 2.13. The molecule has 0 spiro atoms. The fourth-order valence-electron chi connectivity index (χ4n) is 1.88. The summed E-state index contributed by atoms with van der Waals surface area (Å²) < 4.78 is 5.58. The highest BCUT2D eigenvalue weighted by molar-refractivity contribution is 5.78. The van der Waals surface area contributed by atoms with Crippen LogP contribution < -0.4 is 5.32 Å². The second kappa shape index (κ2) is 5.66. The smallest absolute Gasteiger partial charge is 0.220 e. The number of nitrogens with one attached hydrogen (secondary N) is 1. The molecule has 0 saturated carbocycles. The Morgan fingerprint density at radius 1 is 1.31 bits per heavy atom. The van der Waals surface area contributed by atoms with Gasteiger partial charge in [0.15, 0.2) is 0 Å². The summed E-state index contributed by atoms with van der Waals surface area (Å²) >= 11 is 0. The van der Waals surface area contributed by atoms with Crippen molar-refractivity contribution >= 4 is 5.91 Å². The van der Waals surface area contributed by atoms with E-state index in [1.165, 1.54) is 5.56 Å². The molecule has 1 atom stereocenters. The summed E-state index contributed by atoms with van der Waals surface area (Å²) in [5, 5.41) is 2.83. The minimum Gasteiger partial charge on any atom is -0.377 e. The van der Waals surface area contributed by atoms with Crippen LogP contribution in [0.2, 0.25) is 0 Å². The van der Waals surface area contributed by atoms with Gasteiger partial charge in [-0.3, -0.25) is 4.79 Å². The van der Waals surface area contributed by atoms with Crippen LogP contribution in [0.5, 0.6) is 0 Å². The normalized spacial score (nSPS) is 19.8. The van der Waals surface area contributed by atoms with E-state index in [1.807, 2.05) is 18.2 Å². The van der Waals surface area contributed by atoms with Gasteiger partial charge in [0.2, 0.25) is 5.91 Å². The molecule has 1 unspecified atom stereocenters. The molecule has 1 amide bonds. The lowest BCUT2D eigenvalue weighted by Gasteiger charge is -2.07. The van der Waals surface area contributed by atoms with Crippen molar-refractivity contribution in [1.82, 2.24) is 5.32 Å². The molecule has 1 aliphatic heterocycles. The van der Waals surface area contributed by atoms with Crippen LogP contribution in [-0.2, 0) is 16.1 Å². The minimum atomic E-state index is 0.174. The number of benzene rings is 1. The fraction of sp³-hybridized carbons (Fsp3) is 0.462. The molecule has 0 aromatic heterocycles. The van der Waals surface area contributed by atoms with Gasteiger partial charge in [0.05, 0.1) is 6.61 Å². The third-order valence-electron chi connectivity index (χ3n) is 2.84. The largest absolute Gasteiger partial charge is 0.377 e. The van der Waals surface area contributed by atoms with Crippen LogP contribution in [0, 0.1) is 5.92 Å². The van der Waals surface area contributed by atoms with Crippen LogP contribution in [0.4, 0.5) is 0 Å². The van der Waals surface area contributed by atoms with Gasteiger partial charge >= 0.3 is 0 Å². The van der Waals surface area contributed by atoms with Crippen molar-refractivity contribution in [2.45, 2.75) is 19.4 Å². The van der Waals surface area contributed by atoms with E-state index in [-0.39, 0.29) is 5.91 Å². The summed E-state index contributed by atoms with van der Waals surface area (Å²) in [5.74, 6) is 0.635. The zero-order valence-electron chi connectivity index (χ0n) is 9.32. The maximum Gasteiger partial charge on any atom is 0.220 e. The van der Waals surface area contributed by atoms with E-state index in [1.54, 1.807) is 0 Å². The molecule has 0 bridgehead atoms. The van der Waals surface area contributed by atoms with Crippen molar-refractivity contribution in [1.29, 1.82) is 0 Å². The molecular formula is C13H17NO2. The van der Waals surface area contributed by atoms with Gasteiger partial charge in [-0.05, 0) is 17.9 Å². The third-order valence-corrected chi connectivity index (χ3v) is 2.84. The number of carbonyl (C=O) groups is 1. The first-order valence-corrected chi connectivity index (χ1v) is 5.73. The van der Waals surface area contributed by atoms with E-state index < -0.39 is 0 Å². The van der Waals surface area contributed by atoms with Gasteiger partial charge in [0, 0.05) is 19.6 Å². The third kappa shape index (κ3) is 3.35. The first-order chi connectivity index (χ1) is 7.84. The Balaban J connectivity index is 1.60. The molecule has 3 nitrogen and oxygen atoms in total. The fourth-order valence-corrected chi connectivity index (χ4v) is 1.88. The average molecular weight is 219 g/mol. The highest BCUT2D eigenvalue weighted by atomic mass is 16.5.